The van der Waals surface area contributed by atoms with Gasteiger partial charge >= 0.3 is 0 Å². The van der Waals surface area contributed by atoms with Crippen LogP contribution in [0.3, 0.4) is 0 Å². The Morgan fingerprint density at radius 1 is 1.24 bits per heavy atom. The Morgan fingerprint density at radius 3 is 2.71 bits per heavy atom. The molecular formula is C16H25N. The van der Waals surface area contributed by atoms with E-state index >= 15 is 0 Å². The lowest BCUT2D eigenvalue weighted by Gasteiger charge is -2.12. The number of hydrogen-bond donors (Lipinski definition) is 1. The lowest BCUT2D eigenvalue weighted by molar-refractivity contribution is 0.546. The predicted molar refractivity (Wildman–Crippen MR) is 74.5 cm³/mol. The van der Waals surface area contributed by atoms with Crippen molar-refractivity contribution in [2.45, 2.75) is 45.4 Å². The molecule has 1 N–H and O–H groups in total. The van der Waals surface area contributed by atoms with Gasteiger partial charge in [0.15, 0.2) is 0 Å². The SMILES string of the molecule is CNCCc1cc(CC2CCCC2)ccc1C. The molecule has 1 nitrogen and oxygen atoms in total. The maximum Gasteiger partial charge on any atom is -0.00113 e. The number of rotatable bonds is 5. The first-order chi connectivity index (χ1) is 8.29. The first-order valence-corrected chi connectivity index (χ1v) is 7.02. The highest BCUT2D eigenvalue weighted by molar-refractivity contribution is 5.31. The molecule has 0 radical (unpaired) electrons. The standard InChI is InChI=1S/C16H25N/c1-13-7-8-15(11-14-5-3-4-6-14)12-16(13)9-10-17-2/h7-8,12,14,17H,3-6,9-11H2,1-2H3. The average Bonchev–Trinajstić information content (AvgIpc) is 2.82. The van der Waals surface area contributed by atoms with Crippen molar-refractivity contribution in [1.29, 1.82) is 0 Å². The van der Waals surface area contributed by atoms with Crippen molar-refractivity contribution >= 4 is 0 Å². The summed E-state index contributed by atoms with van der Waals surface area (Å²) in [6, 6.07) is 7.07. The summed E-state index contributed by atoms with van der Waals surface area (Å²) in [5.41, 5.74) is 4.51. The van der Waals surface area contributed by atoms with E-state index in [-0.39, 0.29) is 0 Å². The van der Waals surface area contributed by atoms with Gasteiger partial charge in [-0.1, -0.05) is 43.9 Å². The molecule has 1 aliphatic carbocycles. The summed E-state index contributed by atoms with van der Waals surface area (Å²) in [5, 5.41) is 3.24. The monoisotopic (exact) mass is 231 g/mol. The molecule has 1 aromatic carbocycles. The molecule has 1 fully saturated rings. The molecule has 17 heavy (non-hydrogen) atoms. The third-order valence-corrected chi connectivity index (χ3v) is 4.06. The van der Waals surface area contributed by atoms with Gasteiger partial charge in [-0.3, -0.25) is 0 Å². The lowest BCUT2D eigenvalue weighted by Crippen LogP contribution is -2.11. The number of hydrogen-bond acceptors (Lipinski definition) is 1. The van der Waals surface area contributed by atoms with Crippen molar-refractivity contribution in [2.24, 2.45) is 5.92 Å². The van der Waals surface area contributed by atoms with Crippen LogP contribution in [-0.4, -0.2) is 13.6 Å². The van der Waals surface area contributed by atoms with E-state index < -0.39 is 0 Å². The topological polar surface area (TPSA) is 12.0 Å². The summed E-state index contributed by atoms with van der Waals surface area (Å²) >= 11 is 0. The summed E-state index contributed by atoms with van der Waals surface area (Å²) in [5.74, 6) is 0.954. The summed E-state index contributed by atoms with van der Waals surface area (Å²) < 4.78 is 0. The van der Waals surface area contributed by atoms with E-state index in [0.717, 1.165) is 18.9 Å². The highest BCUT2D eigenvalue weighted by Gasteiger charge is 2.15. The molecule has 0 aromatic heterocycles. The minimum atomic E-state index is 0.954. The van der Waals surface area contributed by atoms with E-state index in [1.807, 2.05) is 7.05 Å². The van der Waals surface area contributed by atoms with Gasteiger partial charge in [0.05, 0.1) is 0 Å². The maximum atomic E-state index is 3.24. The minimum Gasteiger partial charge on any atom is -0.319 e. The number of benzene rings is 1. The number of nitrogens with one attached hydrogen (secondary N) is 1. The highest BCUT2D eigenvalue weighted by atomic mass is 14.8. The highest BCUT2D eigenvalue weighted by Crippen LogP contribution is 2.28. The second-order valence-electron chi connectivity index (χ2n) is 5.47. The van der Waals surface area contributed by atoms with Gasteiger partial charge in [-0.2, -0.15) is 0 Å². The van der Waals surface area contributed by atoms with Gasteiger partial charge in [-0.15, -0.1) is 0 Å². The average molecular weight is 231 g/mol. The van der Waals surface area contributed by atoms with E-state index in [1.165, 1.54) is 43.2 Å². The lowest BCUT2D eigenvalue weighted by atomic mass is 9.94. The van der Waals surface area contributed by atoms with Crippen molar-refractivity contribution in [3.63, 3.8) is 0 Å². The molecule has 0 amide bonds. The van der Waals surface area contributed by atoms with E-state index in [0.29, 0.717) is 0 Å². The van der Waals surface area contributed by atoms with Crippen molar-refractivity contribution in [3.8, 4) is 0 Å². The Hall–Kier alpha value is -0.820. The summed E-state index contributed by atoms with van der Waals surface area (Å²) in [6.45, 7) is 3.30. The molecular weight excluding hydrogens is 206 g/mol. The fourth-order valence-corrected chi connectivity index (χ4v) is 2.93. The zero-order valence-corrected chi connectivity index (χ0v) is 11.3. The van der Waals surface area contributed by atoms with Crippen LogP contribution in [0, 0.1) is 12.8 Å². The molecule has 1 heteroatoms. The second kappa shape index (κ2) is 6.20. The van der Waals surface area contributed by atoms with Crippen molar-refractivity contribution in [2.75, 3.05) is 13.6 Å². The van der Waals surface area contributed by atoms with Crippen molar-refractivity contribution in [1.82, 2.24) is 5.32 Å². The molecule has 1 aliphatic rings. The molecule has 0 bridgehead atoms. The maximum absolute atomic E-state index is 3.24. The van der Waals surface area contributed by atoms with Crippen LogP contribution < -0.4 is 5.32 Å². The van der Waals surface area contributed by atoms with E-state index in [9.17, 15) is 0 Å². The van der Waals surface area contributed by atoms with Crippen LogP contribution in [0.5, 0.6) is 0 Å². The van der Waals surface area contributed by atoms with Gasteiger partial charge in [0, 0.05) is 0 Å². The Kier molecular flexibility index (Phi) is 4.61. The van der Waals surface area contributed by atoms with Crippen LogP contribution in [0.4, 0.5) is 0 Å². The fourth-order valence-electron chi connectivity index (χ4n) is 2.93. The van der Waals surface area contributed by atoms with Crippen molar-refractivity contribution < 1.29 is 0 Å². The summed E-state index contributed by atoms with van der Waals surface area (Å²) in [6.07, 6.45) is 8.24. The molecule has 94 valence electrons. The molecule has 0 unspecified atom stereocenters. The van der Waals surface area contributed by atoms with E-state index in [4.69, 9.17) is 0 Å². The quantitative estimate of drug-likeness (QED) is 0.818. The third kappa shape index (κ3) is 3.57. The number of aryl methyl sites for hydroxylation is 1. The van der Waals surface area contributed by atoms with E-state index in [2.05, 4.69) is 30.4 Å². The second-order valence-corrected chi connectivity index (χ2v) is 5.47. The molecule has 2 rings (SSSR count). The van der Waals surface area contributed by atoms with Crippen LogP contribution in [0.1, 0.15) is 42.4 Å². The van der Waals surface area contributed by atoms with Crippen LogP contribution in [0.25, 0.3) is 0 Å². The molecule has 1 saturated carbocycles. The van der Waals surface area contributed by atoms with Crippen LogP contribution in [-0.2, 0) is 12.8 Å². The van der Waals surface area contributed by atoms with Crippen molar-refractivity contribution in [3.05, 3.63) is 34.9 Å². The molecule has 0 spiro atoms. The summed E-state index contributed by atoms with van der Waals surface area (Å²) in [7, 11) is 2.03. The van der Waals surface area contributed by atoms with E-state index in [1.54, 1.807) is 5.56 Å². The van der Waals surface area contributed by atoms with Gasteiger partial charge in [-0.05, 0) is 56.0 Å². The Labute approximate surface area is 106 Å². The molecule has 0 atom stereocenters. The first kappa shape index (κ1) is 12.6. The van der Waals surface area contributed by atoms with Crippen LogP contribution in [0.2, 0.25) is 0 Å². The molecule has 0 saturated heterocycles. The Bertz CT molecular complexity index is 351. The Morgan fingerprint density at radius 2 is 2.00 bits per heavy atom. The number of likely N-dealkylation sites (N-methyl/N-ethyl adjacent to an activating group) is 1. The fraction of sp³-hybridized carbons (Fsp3) is 0.625. The largest absolute Gasteiger partial charge is 0.319 e. The molecule has 1 aromatic rings. The first-order valence-electron chi connectivity index (χ1n) is 7.02. The Balaban J connectivity index is 2.01. The predicted octanol–water partition coefficient (Wildman–Crippen LogP) is 3.49. The smallest absolute Gasteiger partial charge is 0.00113 e. The van der Waals surface area contributed by atoms with Gasteiger partial charge in [0.1, 0.15) is 0 Å². The molecule has 0 heterocycles. The van der Waals surface area contributed by atoms with Gasteiger partial charge < -0.3 is 5.32 Å². The molecule has 0 aliphatic heterocycles. The third-order valence-electron chi connectivity index (χ3n) is 4.06. The van der Waals surface area contributed by atoms with Crippen LogP contribution >= 0.6 is 0 Å². The van der Waals surface area contributed by atoms with Crippen LogP contribution in [0.15, 0.2) is 18.2 Å². The minimum absolute atomic E-state index is 0.954. The van der Waals surface area contributed by atoms with Gasteiger partial charge in [0.25, 0.3) is 0 Å². The van der Waals surface area contributed by atoms with Gasteiger partial charge in [0.2, 0.25) is 0 Å². The zero-order chi connectivity index (χ0) is 12.1. The normalized spacial score (nSPS) is 16.6. The van der Waals surface area contributed by atoms with Gasteiger partial charge in [-0.25, -0.2) is 0 Å². The summed E-state index contributed by atoms with van der Waals surface area (Å²) in [4.78, 5) is 0. The zero-order valence-electron chi connectivity index (χ0n) is 11.3.